The average Bonchev–Trinajstić information content (AvgIpc) is 2.80. The number of aliphatic carboxylic acids is 1. The Kier molecular flexibility index (Phi) is 2.79. The monoisotopic (exact) mass is 259 g/mol. The largest absolute Gasteiger partial charge is 0.480 e. The number of aromatic nitrogens is 2. The fourth-order valence-corrected chi connectivity index (χ4v) is 2.37. The number of nitrogens with zero attached hydrogens (tertiary/aromatic N) is 3. The Labute approximate surface area is 109 Å². The minimum absolute atomic E-state index is 0.200. The molecule has 98 valence electrons. The predicted octanol–water partition coefficient (Wildman–Crippen LogP) is 0.654. The van der Waals surface area contributed by atoms with Gasteiger partial charge < -0.3 is 15.1 Å². The lowest BCUT2D eigenvalue weighted by Crippen LogP contribution is -2.37. The SMILES string of the molecule is O=C(O)C1CC(O)CN1c1ncc2ccccc2n1. The van der Waals surface area contributed by atoms with Crippen LogP contribution in [0.4, 0.5) is 5.95 Å². The van der Waals surface area contributed by atoms with E-state index in [1.165, 1.54) is 0 Å². The molecule has 0 spiro atoms. The molecule has 0 amide bonds. The lowest BCUT2D eigenvalue weighted by molar-refractivity contribution is -0.138. The van der Waals surface area contributed by atoms with E-state index in [0.717, 1.165) is 10.9 Å². The quantitative estimate of drug-likeness (QED) is 0.823. The first-order valence-electron chi connectivity index (χ1n) is 6.04. The third-order valence-corrected chi connectivity index (χ3v) is 3.30. The predicted molar refractivity (Wildman–Crippen MR) is 68.9 cm³/mol. The van der Waals surface area contributed by atoms with Gasteiger partial charge >= 0.3 is 5.97 Å². The van der Waals surface area contributed by atoms with Crippen molar-refractivity contribution in [2.75, 3.05) is 11.4 Å². The van der Waals surface area contributed by atoms with Gasteiger partial charge in [0.25, 0.3) is 0 Å². The molecule has 6 nitrogen and oxygen atoms in total. The summed E-state index contributed by atoms with van der Waals surface area (Å²) in [7, 11) is 0. The number of carbonyl (C=O) groups is 1. The zero-order valence-corrected chi connectivity index (χ0v) is 10.1. The highest BCUT2D eigenvalue weighted by atomic mass is 16.4. The number of hydrogen-bond acceptors (Lipinski definition) is 5. The van der Waals surface area contributed by atoms with Crippen LogP contribution in [0.25, 0.3) is 10.9 Å². The van der Waals surface area contributed by atoms with Crippen molar-refractivity contribution in [3.8, 4) is 0 Å². The molecule has 1 fully saturated rings. The average molecular weight is 259 g/mol. The number of para-hydroxylation sites is 1. The van der Waals surface area contributed by atoms with Crippen molar-refractivity contribution in [1.29, 1.82) is 0 Å². The molecule has 2 atom stereocenters. The third kappa shape index (κ3) is 2.10. The van der Waals surface area contributed by atoms with E-state index >= 15 is 0 Å². The number of anilines is 1. The highest BCUT2D eigenvalue weighted by Gasteiger charge is 2.37. The summed E-state index contributed by atoms with van der Waals surface area (Å²) in [5.74, 6) is -0.615. The summed E-state index contributed by atoms with van der Waals surface area (Å²) in [6.07, 6.45) is 1.21. The van der Waals surface area contributed by atoms with Gasteiger partial charge in [0.1, 0.15) is 6.04 Å². The van der Waals surface area contributed by atoms with Crippen molar-refractivity contribution in [3.63, 3.8) is 0 Å². The van der Waals surface area contributed by atoms with Crippen LogP contribution >= 0.6 is 0 Å². The van der Waals surface area contributed by atoms with Crippen LogP contribution in [0, 0.1) is 0 Å². The van der Waals surface area contributed by atoms with Gasteiger partial charge in [0, 0.05) is 24.5 Å². The van der Waals surface area contributed by atoms with Gasteiger partial charge in [0.05, 0.1) is 11.6 Å². The van der Waals surface area contributed by atoms with Crippen LogP contribution in [-0.2, 0) is 4.79 Å². The minimum atomic E-state index is -0.965. The molecule has 1 aliphatic rings. The van der Waals surface area contributed by atoms with Gasteiger partial charge in [0.15, 0.2) is 0 Å². The molecular weight excluding hydrogens is 246 g/mol. The van der Waals surface area contributed by atoms with Crippen LogP contribution in [0.5, 0.6) is 0 Å². The molecule has 2 unspecified atom stereocenters. The number of carboxylic acid groups (broad SMARTS) is 1. The molecular formula is C13H13N3O3. The fraction of sp³-hybridized carbons (Fsp3) is 0.308. The second-order valence-corrected chi connectivity index (χ2v) is 4.62. The number of rotatable bonds is 2. The Hall–Kier alpha value is -2.21. The molecule has 2 aromatic rings. The molecule has 2 N–H and O–H groups in total. The van der Waals surface area contributed by atoms with E-state index in [0.29, 0.717) is 5.95 Å². The molecule has 0 radical (unpaired) electrons. The maximum Gasteiger partial charge on any atom is 0.326 e. The van der Waals surface area contributed by atoms with Gasteiger partial charge in [-0.25, -0.2) is 14.8 Å². The Bertz CT molecular complexity index is 631. The van der Waals surface area contributed by atoms with Gasteiger partial charge in [-0.3, -0.25) is 0 Å². The third-order valence-electron chi connectivity index (χ3n) is 3.30. The maximum absolute atomic E-state index is 11.2. The number of carboxylic acids is 1. The topological polar surface area (TPSA) is 86.5 Å². The van der Waals surface area contributed by atoms with Crippen molar-refractivity contribution < 1.29 is 15.0 Å². The molecule has 0 aliphatic carbocycles. The Morgan fingerprint density at radius 3 is 2.95 bits per heavy atom. The Morgan fingerprint density at radius 2 is 2.16 bits per heavy atom. The van der Waals surface area contributed by atoms with E-state index < -0.39 is 18.1 Å². The number of hydrogen-bond donors (Lipinski definition) is 2. The summed E-state index contributed by atoms with van der Waals surface area (Å²) in [5, 5.41) is 19.7. The van der Waals surface area contributed by atoms with Crippen molar-refractivity contribution in [2.24, 2.45) is 0 Å². The number of fused-ring (bicyclic) bond motifs is 1. The molecule has 0 bridgehead atoms. The summed E-state index contributed by atoms with van der Waals surface area (Å²) in [5.41, 5.74) is 0.762. The van der Waals surface area contributed by atoms with Gasteiger partial charge in [-0.05, 0) is 6.07 Å². The van der Waals surface area contributed by atoms with E-state index in [1.54, 1.807) is 11.1 Å². The molecule has 1 saturated heterocycles. The molecule has 19 heavy (non-hydrogen) atoms. The van der Waals surface area contributed by atoms with Crippen LogP contribution < -0.4 is 4.90 Å². The number of aliphatic hydroxyl groups is 1. The summed E-state index contributed by atoms with van der Waals surface area (Å²) in [4.78, 5) is 21.3. The smallest absolute Gasteiger partial charge is 0.326 e. The first kappa shape index (κ1) is 11.9. The zero-order valence-electron chi connectivity index (χ0n) is 10.1. The molecule has 1 aromatic carbocycles. The molecule has 2 heterocycles. The minimum Gasteiger partial charge on any atom is -0.480 e. The number of β-amino-alcohol motifs (C(OH)–C–C–N with tert-alkyl or cyclic N) is 1. The van der Waals surface area contributed by atoms with E-state index in [2.05, 4.69) is 9.97 Å². The first-order valence-corrected chi connectivity index (χ1v) is 6.04. The lowest BCUT2D eigenvalue weighted by atomic mass is 10.2. The summed E-state index contributed by atoms with van der Waals surface area (Å²) >= 11 is 0. The second-order valence-electron chi connectivity index (χ2n) is 4.62. The van der Waals surface area contributed by atoms with Gasteiger partial charge in [-0.15, -0.1) is 0 Å². The van der Waals surface area contributed by atoms with E-state index in [4.69, 9.17) is 5.11 Å². The normalized spacial score (nSPS) is 22.9. The van der Waals surface area contributed by atoms with Gasteiger partial charge in [-0.1, -0.05) is 18.2 Å². The van der Waals surface area contributed by atoms with Crippen molar-refractivity contribution in [1.82, 2.24) is 9.97 Å². The van der Waals surface area contributed by atoms with Crippen LogP contribution in [0.1, 0.15) is 6.42 Å². The molecule has 1 aromatic heterocycles. The van der Waals surface area contributed by atoms with E-state index in [-0.39, 0.29) is 13.0 Å². The van der Waals surface area contributed by atoms with Gasteiger partial charge in [0.2, 0.25) is 5.95 Å². The lowest BCUT2D eigenvalue weighted by Gasteiger charge is -2.20. The summed E-state index contributed by atoms with van der Waals surface area (Å²) < 4.78 is 0. The van der Waals surface area contributed by atoms with Gasteiger partial charge in [-0.2, -0.15) is 0 Å². The van der Waals surface area contributed by atoms with Crippen LogP contribution in [0.3, 0.4) is 0 Å². The maximum atomic E-state index is 11.2. The number of aliphatic hydroxyl groups excluding tert-OH is 1. The van der Waals surface area contributed by atoms with Crippen LogP contribution in [0.2, 0.25) is 0 Å². The van der Waals surface area contributed by atoms with E-state index in [1.807, 2.05) is 24.3 Å². The van der Waals surface area contributed by atoms with Crippen molar-refractivity contribution >= 4 is 22.8 Å². The Morgan fingerprint density at radius 1 is 1.37 bits per heavy atom. The van der Waals surface area contributed by atoms with Crippen molar-refractivity contribution in [2.45, 2.75) is 18.6 Å². The fourth-order valence-electron chi connectivity index (χ4n) is 2.37. The highest BCUT2D eigenvalue weighted by molar-refractivity contribution is 5.81. The molecule has 3 rings (SSSR count). The second kappa shape index (κ2) is 4.47. The zero-order chi connectivity index (χ0) is 13.4. The summed E-state index contributed by atoms with van der Waals surface area (Å²) in [6, 6.07) is 6.74. The molecule has 6 heteroatoms. The van der Waals surface area contributed by atoms with E-state index in [9.17, 15) is 9.90 Å². The Balaban J connectivity index is 2.01. The molecule has 0 saturated carbocycles. The number of benzene rings is 1. The van der Waals surface area contributed by atoms with Crippen LogP contribution in [0.15, 0.2) is 30.5 Å². The van der Waals surface area contributed by atoms with Crippen LogP contribution in [-0.4, -0.2) is 44.8 Å². The molecule has 1 aliphatic heterocycles. The summed E-state index contributed by atoms with van der Waals surface area (Å²) in [6.45, 7) is 0.245. The first-order chi connectivity index (χ1) is 9.15. The standard InChI is InChI=1S/C13H13N3O3/c17-9-5-11(12(18)19)16(7-9)13-14-6-8-3-1-2-4-10(8)15-13/h1-4,6,9,11,17H,5,7H2,(H,18,19). The van der Waals surface area contributed by atoms with Crippen molar-refractivity contribution in [3.05, 3.63) is 30.5 Å². The highest BCUT2D eigenvalue weighted by Crippen LogP contribution is 2.24.